The lowest BCUT2D eigenvalue weighted by Gasteiger charge is -2.30. The van der Waals surface area contributed by atoms with Gasteiger partial charge in [0.05, 0.1) is 26.0 Å². The maximum Gasteiger partial charge on any atom is 0.303 e. The Bertz CT molecular complexity index is 1030. The van der Waals surface area contributed by atoms with Crippen molar-refractivity contribution in [3.05, 3.63) is 59.2 Å². The van der Waals surface area contributed by atoms with Crippen molar-refractivity contribution in [1.82, 2.24) is 5.01 Å². The van der Waals surface area contributed by atoms with Crippen molar-refractivity contribution in [1.29, 1.82) is 0 Å². The van der Waals surface area contributed by atoms with Gasteiger partial charge >= 0.3 is 5.97 Å². The highest BCUT2D eigenvalue weighted by molar-refractivity contribution is 6.07. The highest BCUT2D eigenvalue weighted by atomic mass is 16.5. The zero-order valence-corrected chi connectivity index (χ0v) is 18.1. The van der Waals surface area contributed by atoms with E-state index in [0.717, 1.165) is 41.2 Å². The Labute approximate surface area is 181 Å². The van der Waals surface area contributed by atoms with E-state index in [1.54, 1.807) is 21.1 Å². The van der Waals surface area contributed by atoms with Crippen LogP contribution in [0.3, 0.4) is 0 Å². The number of aryl methyl sites for hydroxylation is 1. The molecule has 0 saturated carbocycles. The fraction of sp³-hybridized carbons (Fsp3) is 0.375. The number of benzene rings is 2. The molecule has 1 aliphatic heterocycles. The van der Waals surface area contributed by atoms with E-state index in [-0.39, 0.29) is 17.9 Å². The van der Waals surface area contributed by atoms with Gasteiger partial charge in [0, 0.05) is 18.4 Å². The third kappa shape index (κ3) is 3.87. The van der Waals surface area contributed by atoms with Gasteiger partial charge < -0.3 is 14.2 Å². The SMILES string of the molecule is COc1ccc([C@@H]2[C@@H]3CCc4ccc(OC)cc4C3=NN2C(=O)[C@H](C)OC(C)=O)cc1. The number of carbonyl (C=O) groups excluding carboxylic acids is 2. The molecule has 0 saturated heterocycles. The zero-order valence-electron chi connectivity index (χ0n) is 18.1. The lowest BCUT2D eigenvalue weighted by Crippen LogP contribution is -2.38. The molecule has 2 aliphatic rings. The topological polar surface area (TPSA) is 77.4 Å². The van der Waals surface area contributed by atoms with Crippen LogP contribution >= 0.6 is 0 Å². The summed E-state index contributed by atoms with van der Waals surface area (Å²) in [5, 5.41) is 6.27. The summed E-state index contributed by atoms with van der Waals surface area (Å²) in [5.74, 6) is 0.680. The number of carbonyl (C=O) groups is 2. The molecule has 0 radical (unpaired) electrons. The molecule has 4 rings (SSSR count). The van der Waals surface area contributed by atoms with Crippen LogP contribution in [0.2, 0.25) is 0 Å². The summed E-state index contributed by atoms with van der Waals surface area (Å²) in [6.07, 6.45) is 0.824. The second kappa shape index (κ2) is 8.41. The summed E-state index contributed by atoms with van der Waals surface area (Å²) in [6, 6.07) is 13.4. The number of amides is 1. The van der Waals surface area contributed by atoms with Crippen LogP contribution in [0.15, 0.2) is 47.6 Å². The molecule has 2 aromatic carbocycles. The Morgan fingerprint density at radius 1 is 1.06 bits per heavy atom. The summed E-state index contributed by atoms with van der Waals surface area (Å²) in [5.41, 5.74) is 4.01. The third-order valence-electron chi connectivity index (χ3n) is 5.90. The molecule has 1 amide bonds. The molecule has 0 bridgehead atoms. The van der Waals surface area contributed by atoms with Crippen molar-refractivity contribution < 1.29 is 23.8 Å². The van der Waals surface area contributed by atoms with Crippen LogP contribution in [0.5, 0.6) is 11.5 Å². The maximum atomic E-state index is 13.3. The summed E-state index contributed by atoms with van der Waals surface area (Å²) in [4.78, 5) is 24.7. The lowest BCUT2D eigenvalue weighted by molar-refractivity contribution is -0.158. The molecule has 0 unspecified atom stereocenters. The lowest BCUT2D eigenvalue weighted by atomic mass is 9.77. The molecular formula is C24H26N2O5. The second-order valence-corrected chi connectivity index (χ2v) is 7.81. The van der Waals surface area contributed by atoms with Crippen molar-refractivity contribution in [3.63, 3.8) is 0 Å². The average Bonchev–Trinajstić information content (AvgIpc) is 3.17. The Morgan fingerprint density at radius 2 is 1.74 bits per heavy atom. The van der Waals surface area contributed by atoms with Crippen molar-refractivity contribution in [2.24, 2.45) is 11.0 Å². The monoisotopic (exact) mass is 422 g/mol. The largest absolute Gasteiger partial charge is 0.497 e. The molecular weight excluding hydrogens is 396 g/mol. The van der Waals surface area contributed by atoms with E-state index in [2.05, 4.69) is 6.07 Å². The molecule has 2 aromatic rings. The van der Waals surface area contributed by atoms with Gasteiger partial charge in [0.2, 0.25) is 0 Å². The van der Waals surface area contributed by atoms with Gasteiger partial charge in [0.25, 0.3) is 5.91 Å². The number of hydrazone groups is 1. The number of hydrogen-bond donors (Lipinski definition) is 0. The van der Waals surface area contributed by atoms with Crippen molar-refractivity contribution in [2.45, 2.75) is 38.8 Å². The number of methoxy groups -OCH3 is 2. The van der Waals surface area contributed by atoms with Gasteiger partial charge in [-0.25, -0.2) is 5.01 Å². The van der Waals surface area contributed by atoms with Gasteiger partial charge in [-0.05, 0) is 55.2 Å². The highest BCUT2D eigenvalue weighted by Crippen LogP contribution is 2.44. The van der Waals surface area contributed by atoms with E-state index in [1.165, 1.54) is 17.5 Å². The molecule has 0 N–H and O–H groups in total. The molecule has 7 nitrogen and oxygen atoms in total. The molecule has 31 heavy (non-hydrogen) atoms. The first-order chi connectivity index (χ1) is 14.9. The minimum Gasteiger partial charge on any atom is -0.497 e. The molecule has 0 fully saturated rings. The fourth-order valence-electron chi connectivity index (χ4n) is 4.42. The summed E-state index contributed by atoms with van der Waals surface area (Å²) >= 11 is 0. The number of fused-ring (bicyclic) bond motifs is 3. The van der Waals surface area contributed by atoms with Gasteiger partial charge in [-0.2, -0.15) is 5.10 Å². The van der Waals surface area contributed by atoms with Crippen LogP contribution in [-0.2, 0) is 20.7 Å². The predicted molar refractivity (Wildman–Crippen MR) is 115 cm³/mol. The van der Waals surface area contributed by atoms with Crippen molar-refractivity contribution in [2.75, 3.05) is 14.2 Å². The summed E-state index contributed by atoms with van der Waals surface area (Å²) < 4.78 is 15.9. The summed E-state index contributed by atoms with van der Waals surface area (Å²) in [7, 11) is 3.25. The molecule has 1 aliphatic carbocycles. The normalized spacial score (nSPS) is 20.3. The molecule has 3 atom stereocenters. The summed E-state index contributed by atoms with van der Waals surface area (Å²) in [6.45, 7) is 2.87. The molecule has 1 heterocycles. The van der Waals surface area contributed by atoms with Crippen LogP contribution in [0, 0.1) is 5.92 Å². The molecule has 0 spiro atoms. The number of hydrogen-bond acceptors (Lipinski definition) is 6. The fourth-order valence-corrected chi connectivity index (χ4v) is 4.42. The Kier molecular flexibility index (Phi) is 5.67. The predicted octanol–water partition coefficient (Wildman–Crippen LogP) is 3.51. The minimum atomic E-state index is -0.924. The smallest absolute Gasteiger partial charge is 0.303 e. The average molecular weight is 422 g/mol. The number of ether oxygens (including phenoxy) is 3. The Hall–Kier alpha value is -3.35. The van der Waals surface area contributed by atoms with Crippen LogP contribution in [-0.4, -0.2) is 42.9 Å². The molecule has 162 valence electrons. The van der Waals surface area contributed by atoms with E-state index < -0.39 is 12.1 Å². The van der Waals surface area contributed by atoms with Gasteiger partial charge in [-0.3, -0.25) is 9.59 Å². The molecule has 0 aromatic heterocycles. The van der Waals surface area contributed by atoms with Crippen LogP contribution < -0.4 is 9.47 Å². The van der Waals surface area contributed by atoms with Crippen LogP contribution in [0.4, 0.5) is 0 Å². The number of nitrogens with zero attached hydrogens (tertiary/aromatic N) is 2. The van der Waals surface area contributed by atoms with Crippen molar-refractivity contribution >= 4 is 17.6 Å². The Balaban J connectivity index is 1.77. The zero-order chi connectivity index (χ0) is 22.1. The third-order valence-corrected chi connectivity index (χ3v) is 5.90. The first-order valence-corrected chi connectivity index (χ1v) is 10.3. The first-order valence-electron chi connectivity index (χ1n) is 10.3. The van der Waals surface area contributed by atoms with Gasteiger partial charge in [-0.15, -0.1) is 0 Å². The van der Waals surface area contributed by atoms with E-state index >= 15 is 0 Å². The van der Waals surface area contributed by atoms with Gasteiger partial charge in [0.15, 0.2) is 6.10 Å². The minimum absolute atomic E-state index is 0.0291. The molecule has 7 heteroatoms. The van der Waals surface area contributed by atoms with E-state index in [9.17, 15) is 9.59 Å². The highest BCUT2D eigenvalue weighted by Gasteiger charge is 2.45. The van der Waals surface area contributed by atoms with Gasteiger partial charge in [0.1, 0.15) is 11.5 Å². The second-order valence-electron chi connectivity index (χ2n) is 7.81. The first kappa shape index (κ1) is 20.9. The Morgan fingerprint density at radius 3 is 2.39 bits per heavy atom. The van der Waals surface area contributed by atoms with Crippen LogP contribution in [0.25, 0.3) is 0 Å². The van der Waals surface area contributed by atoms with Crippen molar-refractivity contribution in [3.8, 4) is 11.5 Å². The maximum absolute atomic E-state index is 13.3. The quantitative estimate of drug-likeness (QED) is 0.689. The van der Waals surface area contributed by atoms with E-state index in [4.69, 9.17) is 19.3 Å². The van der Waals surface area contributed by atoms with E-state index in [1.807, 2.05) is 36.4 Å². The van der Waals surface area contributed by atoms with Crippen LogP contribution in [0.1, 0.15) is 43.0 Å². The number of esters is 1. The standard InChI is InChI=1S/C24H26N2O5/c1-14(31-15(2)27)24(28)26-23(17-6-9-18(29-3)10-7-17)20-12-8-16-5-11-19(30-4)13-21(16)22(20)25-26/h5-7,9-11,13-14,20,23H,8,12H2,1-4H3/t14-,20+,23+/m0/s1. The number of rotatable bonds is 5. The van der Waals surface area contributed by atoms with Gasteiger partial charge in [-0.1, -0.05) is 18.2 Å². The van der Waals surface area contributed by atoms with E-state index in [0.29, 0.717) is 0 Å².